The standard InChI is InChI=1S/C60H38/c1-5-22-45-39(14-1)18-9-26-49(45)44-33-32-43-34-35-55(51-28-11-20-41-16-3-7-24-47(41)51)60(58(43)38-44)57-37-36-56(52-29-12-21-42-17-4-8-25-48(42)52)59-53(30-13-31-54(57)59)50-27-10-19-40-15-2-6-23-46(40)50/h1-38H. The monoisotopic (exact) mass is 758 g/mol. The minimum atomic E-state index is 1.21. The van der Waals surface area contributed by atoms with Crippen molar-refractivity contribution < 1.29 is 0 Å². The van der Waals surface area contributed by atoms with E-state index in [0.29, 0.717) is 0 Å². The molecule has 0 fully saturated rings. The maximum Gasteiger partial charge on any atom is -0.00201 e. The van der Waals surface area contributed by atoms with Gasteiger partial charge < -0.3 is 0 Å². The molecule has 0 amide bonds. The number of fused-ring (bicyclic) bond motifs is 6. The second kappa shape index (κ2) is 13.9. The minimum absolute atomic E-state index is 1.21. The van der Waals surface area contributed by atoms with Crippen molar-refractivity contribution in [3.8, 4) is 55.6 Å². The zero-order chi connectivity index (χ0) is 39.6. The molecule has 0 aliphatic heterocycles. The van der Waals surface area contributed by atoms with Gasteiger partial charge >= 0.3 is 0 Å². The van der Waals surface area contributed by atoms with Crippen molar-refractivity contribution in [1.29, 1.82) is 0 Å². The highest BCUT2D eigenvalue weighted by molar-refractivity contribution is 6.21. The first-order valence-electron chi connectivity index (χ1n) is 20.8. The summed E-state index contributed by atoms with van der Waals surface area (Å²) in [5.41, 5.74) is 12.3. The topological polar surface area (TPSA) is 0 Å². The summed E-state index contributed by atoms with van der Waals surface area (Å²) in [6, 6.07) is 85.4. The van der Waals surface area contributed by atoms with Crippen molar-refractivity contribution in [2.24, 2.45) is 0 Å². The smallest absolute Gasteiger partial charge is 0.00201 e. The first-order valence-corrected chi connectivity index (χ1v) is 20.8. The third-order valence-corrected chi connectivity index (χ3v) is 12.7. The van der Waals surface area contributed by atoms with Crippen LogP contribution in [0.1, 0.15) is 0 Å². The van der Waals surface area contributed by atoms with Crippen LogP contribution in [0, 0.1) is 0 Å². The Morgan fingerprint density at radius 2 is 0.533 bits per heavy atom. The van der Waals surface area contributed by atoms with Crippen molar-refractivity contribution >= 4 is 64.6 Å². The summed E-state index contributed by atoms with van der Waals surface area (Å²) < 4.78 is 0. The van der Waals surface area contributed by atoms with Crippen molar-refractivity contribution in [1.82, 2.24) is 0 Å². The molecule has 0 aromatic heterocycles. The molecule has 0 nitrogen and oxygen atoms in total. The minimum Gasteiger partial charge on any atom is -0.0616 e. The molecule has 0 aliphatic rings. The summed E-state index contributed by atoms with van der Waals surface area (Å²) in [6.45, 7) is 0. The molecule has 0 aliphatic carbocycles. The molecule has 0 bridgehead atoms. The Hall–Kier alpha value is -7.80. The van der Waals surface area contributed by atoms with Gasteiger partial charge in [0.25, 0.3) is 0 Å². The van der Waals surface area contributed by atoms with Crippen molar-refractivity contribution in [3.63, 3.8) is 0 Å². The van der Waals surface area contributed by atoms with Gasteiger partial charge in [-0.05, 0) is 126 Å². The van der Waals surface area contributed by atoms with Gasteiger partial charge in [-0.15, -0.1) is 0 Å². The third kappa shape index (κ3) is 5.46. The van der Waals surface area contributed by atoms with Crippen molar-refractivity contribution in [3.05, 3.63) is 231 Å². The molecule has 12 aromatic rings. The maximum absolute atomic E-state index is 2.44. The number of hydrogen-bond donors (Lipinski definition) is 0. The summed E-state index contributed by atoms with van der Waals surface area (Å²) >= 11 is 0. The zero-order valence-electron chi connectivity index (χ0n) is 32.9. The molecule has 0 unspecified atom stereocenters. The van der Waals surface area contributed by atoms with E-state index in [0.717, 1.165) is 0 Å². The predicted molar refractivity (Wildman–Crippen MR) is 259 cm³/mol. The van der Waals surface area contributed by atoms with Crippen LogP contribution in [-0.2, 0) is 0 Å². The van der Waals surface area contributed by atoms with Gasteiger partial charge in [-0.3, -0.25) is 0 Å². The predicted octanol–water partition coefficient (Wildman–Crippen LogP) is 16.9. The molecule has 12 rings (SSSR count). The zero-order valence-corrected chi connectivity index (χ0v) is 32.9. The maximum atomic E-state index is 2.44. The Balaban J connectivity index is 1.23. The Morgan fingerprint density at radius 1 is 0.183 bits per heavy atom. The van der Waals surface area contributed by atoms with Crippen LogP contribution in [0.25, 0.3) is 120 Å². The molecule has 0 heterocycles. The molecule has 0 spiro atoms. The Bertz CT molecular complexity index is 3550. The lowest BCUT2D eigenvalue weighted by Crippen LogP contribution is -1.94. The van der Waals surface area contributed by atoms with Gasteiger partial charge in [0.1, 0.15) is 0 Å². The van der Waals surface area contributed by atoms with Gasteiger partial charge in [-0.25, -0.2) is 0 Å². The Kier molecular flexibility index (Phi) is 7.96. The van der Waals surface area contributed by atoms with Gasteiger partial charge in [0.15, 0.2) is 0 Å². The second-order valence-electron chi connectivity index (χ2n) is 15.9. The van der Waals surface area contributed by atoms with E-state index in [1.165, 1.54) is 120 Å². The number of rotatable bonds is 5. The van der Waals surface area contributed by atoms with Gasteiger partial charge in [-0.1, -0.05) is 224 Å². The second-order valence-corrected chi connectivity index (χ2v) is 15.9. The lowest BCUT2D eigenvalue weighted by molar-refractivity contribution is 1.63. The van der Waals surface area contributed by atoms with Crippen LogP contribution in [0.2, 0.25) is 0 Å². The number of benzene rings is 12. The molecule has 12 aromatic carbocycles. The molecule has 60 heavy (non-hydrogen) atoms. The van der Waals surface area contributed by atoms with E-state index in [9.17, 15) is 0 Å². The summed E-state index contributed by atoms with van der Waals surface area (Å²) in [5, 5.41) is 14.9. The highest BCUT2D eigenvalue weighted by atomic mass is 14.2. The quantitative estimate of drug-likeness (QED) is 0.164. The summed E-state index contributed by atoms with van der Waals surface area (Å²) in [7, 11) is 0. The Labute approximate surface area is 349 Å². The lowest BCUT2D eigenvalue weighted by Gasteiger charge is -2.21. The van der Waals surface area contributed by atoms with Gasteiger partial charge in [0.2, 0.25) is 0 Å². The third-order valence-electron chi connectivity index (χ3n) is 12.7. The molecule has 0 saturated heterocycles. The first-order chi connectivity index (χ1) is 29.8. The van der Waals surface area contributed by atoms with Crippen molar-refractivity contribution in [2.75, 3.05) is 0 Å². The fourth-order valence-corrected chi connectivity index (χ4v) is 9.93. The first kappa shape index (κ1) is 34.3. The van der Waals surface area contributed by atoms with Crippen LogP contribution in [0.3, 0.4) is 0 Å². The van der Waals surface area contributed by atoms with E-state index in [2.05, 4.69) is 231 Å². The molecule has 0 radical (unpaired) electrons. The molecular formula is C60H38. The fraction of sp³-hybridized carbons (Fsp3) is 0. The van der Waals surface area contributed by atoms with Crippen LogP contribution < -0.4 is 0 Å². The van der Waals surface area contributed by atoms with Crippen LogP contribution in [0.5, 0.6) is 0 Å². The van der Waals surface area contributed by atoms with Crippen LogP contribution in [0.15, 0.2) is 231 Å². The summed E-state index contributed by atoms with van der Waals surface area (Å²) in [4.78, 5) is 0. The highest BCUT2D eigenvalue weighted by Gasteiger charge is 2.21. The fourth-order valence-electron chi connectivity index (χ4n) is 9.93. The average molecular weight is 759 g/mol. The molecule has 0 N–H and O–H groups in total. The molecule has 0 heteroatoms. The number of hydrogen-bond acceptors (Lipinski definition) is 0. The van der Waals surface area contributed by atoms with Gasteiger partial charge in [0.05, 0.1) is 0 Å². The van der Waals surface area contributed by atoms with E-state index in [1.807, 2.05) is 0 Å². The summed E-state index contributed by atoms with van der Waals surface area (Å²) in [5.74, 6) is 0. The molecule has 0 atom stereocenters. The van der Waals surface area contributed by atoms with Gasteiger partial charge in [-0.2, -0.15) is 0 Å². The normalized spacial score (nSPS) is 11.7. The average Bonchev–Trinajstić information content (AvgIpc) is 3.32. The van der Waals surface area contributed by atoms with Gasteiger partial charge in [0, 0.05) is 0 Å². The van der Waals surface area contributed by atoms with Crippen LogP contribution in [-0.4, -0.2) is 0 Å². The summed E-state index contributed by atoms with van der Waals surface area (Å²) in [6.07, 6.45) is 0. The highest BCUT2D eigenvalue weighted by Crippen LogP contribution is 2.49. The van der Waals surface area contributed by atoms with E-state index in [-0.39, 0.29) is 0 Å². The van der Waals surface area contributed by atoms with Crippen LogP contribution >= 0.6 is 0 Å². The SMILES string of the molecule is c1ccc2c(-c3ccc4ccc(-c5cccc6ccccc56)c(-c5ccc(-c6cccc7ccccc67)c6c(-c7cccc8ccccc78)cccc56)c4c3)cccc2c1. The van der Waals surface area contributed by atoms with E-state index in [1.54, 1.807) is 0 Å². The van der Waals surface area contributed by atoms with E-state index < -0.39 is 0 Å². The largest absolute Gasteiger partial charge is 0.0616 e. The van der Waals surface area contributed by atoms with Crippen LogP contribution in [0.4, 0.5) is 0 Å². The molecular weight excluding hydrogens is 721 g/mol. The van der Waals surface area contributed by atoms with E-state index >= 15 is 0 Å². The Morgan fingerprint density at radius 3 is 1.10 bits per heavy atom. The molecule has 278 valence electrons. The lowest BCUT2D eigenvalue weighted by atomic mass is 9.82. The van der Waals surface area contributed by atoms with Crippen molar-refractivity contribution in [2.45, 2.75) is 0 Å². The molecule has 0 saturated carbocycles. The van der Waals surface area contributed by atoms with E-state index in [4.69, 9.17) is 0 Å².